The first-order chi connectivity index (χ1) is 9.73. The van der Waals surface area contributed by atoms with Crippen molar-refractivity contribution in [1.29, 1.82) is 0 Å². The molecule has 0 heterocycles. The van der Waals surface area contributed by atoms with Gasteiger partial charge in [0.15, 0.2) is 0 Å². The molecule has 1 aromatic carbocycles. The Balaban J connectivity index is 2.52. The molecule has 1 rings (SSSR count). The van der Waals surface area contributed by atoms with Crippen molar-refractivity contribution < 1.29 is 14.3 Å². The Bertz CT molecular complexity index is 493. The first-order valence-electron chi connectivity index (χ1n) is 6.80. The van der Waals surface area contributed by atoms with E-state index in [1.54, 1.807) is 25.3 Å². The molecule has 1 atom stereocenters. The summed E-state index contributed by atoms with van der Waals surface area (Å²) in [5.74, 6) is -0.352. The maximum absolute atomic E-state index is 13.6. The number of carbonyl (C=O) groups excluding carboxylic acids is 1. The van der Waals surface area contributed by atoms with Gasteiger partial charge in [0.05, 0.1) is 6.10 Å². The van der Waals surface area contributed by atoms with E-state index >= 15 is 0 Å². The standard InChI is InChI=1S/C15H23FN2O2S/c1-10(19)8-15(2,3)9-17-14(20)18-11-5-6-13(21-4)12(16)7-11/h5-7,10,19H,8-9H2,1-4H3,(H2,17,18,20)/t10-/m0/s1. The number of anilines is 1. The van der Waals surface area contributed by atoms with E-state index in [9.17, 15) is 14.3 Å². The molecule has 0 aliphatic carbocycles. The van der Waals surface area contributed by atoms with Gasteiger partial charge in [0.25, 0.3) is 0 Å². The van der Waals surface area contributed by atoms with Crippen molar-refractivity contribution >= 4 is 23.5 Å². The summed E-state index contributed by atoms with van der Waals surface area (Å²) in [5.41, 5.74) is 0.204. The minimum absolute atomic E-state index is 0.209. The van der Waals surface area contributed by atoms with Crippen molar-refractivity contribution in [3.63, 3.8) is 0 Å². The fourth-order valence-corrected chi connectivity index (χ4v) is 2.57. The van der Waals surface area contributed by atoms with E-state index in [0.717, 1.165) is 0 Å². The van der Waals surface area contributed by atoms with Gasteiger partial charge in [-0.2, -0.15) is 0 Å². The van der Waals surface area contributed by atoms with Crippen LogP contribution >= 0.6 is 11.8 Å². The third-order valence-electron chi connectivity index (χ3n) is 2.99. The summed E-state index contributed by atoms with van der Waals surface area (Å²) in [4.78, 5) is 12.3. The second-order valence-corrected chi connectivity index (χ2v) is 6.72. The molecule has 0 aliphatic rings. The molecule has 0 saturated heterocycles. The number of carbonyl (C=O) groups is 1. The van der Waals surface area contributed by atoms with Crippen LogP contribution in [-0.2, 0) is 0 Å². The van der Waals surface area contributed by atoms with Crippen molar-refractivity contribution in [2.45, 2.75) is 38.2 Å². The third kappa shape index (κ3) is 6.35. The fraction of sp³-hybridized carbons (Fsp3) is 0.533. The Morgan fingerprint density at radius 1 is 1.48 bits per heavy atom. The SMILES string of the molecule is CSc1ccc(NC(=O)NCC(C)(C)C[C@H](C)O)cc1F. The zero-order valence-electron chi connectivity index (χ0n) is 12.9. The molecule has 2 amide bonds. The number of amides is 2. The number of halogens is 1. The molecule has 0 spiro atoms. The molecule has 0 bridgehead atoms. The Morgan fingerprint density at radius 3 is 2.67 bits per heavy atom. The molecule has 0 unspecified atom stereocenters. The smallest absolute Gasteiger partial charge is 0.319 e. The first kappa shape index (κ1) is 17.8. The minimum Gasteiger partial charge on any atom is -0.393 e. The van der Waals surface area contributed by atoms with E-state index in [4.69, 9.17) is 0 Å². The molecular formula is C15H23FN2O2S. The molecule has 4 nitrogen and oxygen atoms in total. The Labute approximate surface area is 129 Å². The van der Waals surface area contributed by atoms with Gasteiger partial charge < -0.3 is 15.7 Å². The van der Waals surface area contributed by atoms with E-state index in [0.29, 0.717) is 23.5 Å². The van der Waals surface area contributed by atoms with Crippen molar-refractivity contribution in [1.82, 2.24) is 5.32 Å². The maximum Gasteiger partial charge on any atom is 0.319 e. The van der Waals surface area contributed by atoms with Crippen LogP contribution in [-0.4, -0.2) is 30.0 Å². The lowest BCUT2D eigenvalue weighted by Gasteiger charge is -2.26. The van der Waals surface area contributed by atoms with Crippen LogP contribution in [0.4, 0.5) is 14.9 Å². The molecule has 6 heteroatoms. The number of urea groups is 1. The van der Waals surface area contributed by atoms with Crippen LogP contribution in [0.25, 0.3) is 0 Å². The summed E-state index contributed by atoms with van der Waals surface area (Å²) in [6.45, 7) is 6.08. The molecule has 21 heavy (non-hydrogen) atoms. The summed E-state index contributed by atoms with van der Waals surface area (Å²) in [7, 11) is 0. The summed E-state index contributed by atoms with van der Waals surface area (Å²) in [6.07, 6.45) is 1.96. The monoisotopic (exact) mass is 314 g/mol. The Morgan fingerprint density at radius 2 is 2.14 bits per heavy atom. The fourth-order valence-electron chi connectivity index (χ4n) is 2.11. The van der Waals surface area contributed by atoms with Gasteiger partial charge in [-0.15, -0.1) is 11.8 Å². The number of hydrogen-bond acceptors (Lipinski definition) is 3. The molecule has 0 aliphatic heterocycles. The predicted molar refractivity (Wildman–Crippen MR) is 85.3 cm³/mol. The van der Waals surface area contributed by atoms with Gasteiger partial charge >= 0.3 is 6.03 Å². The van der Waals surface area contributed by atoms with E-state index in [-0.39, 0.29) is 17.3 Å². The molecule has 0 saturated carbocycles. The highest BCUT2D eigenvalue weighted by Crippen LogP contribution is 2.23. The van der Waals surface area contributed by atoms with Gasteiger partial charge in [-0.25, -0.2) is 9.18 Å². The lowest BCUT2D eigenvalue weighted by molar-refractivity contribution is 0.129. The van der Waals surface area contributed by atoms with Crippen LogP contribution in [0.3, 0.4) is 0 Å². The highest BCUT2D eigenvalue weighted by atomic mass is 32.2. The minimum atomic E-state index is -0.418. The second kappa shape index (κ2) is 7.66. The van der Waals surface area contributed by atoms with Crippen LogP contribution in [0.15, 0.2) is 23.1 Å². The first-order valence-corrected chi connectivity index (χ1v) is 8.02. The summed E-state index contributed by atoms with van der Waals surface area (Å²) in [6, 6.07) is 4.21. The quantitative estimate of drug-likeness (QED) is 0.705. The molecule has 118 valence electrons. The molecule has 0 radical (unpaired) electrons. The average Bonchev–Trinajstić information content (AvgIpc) is 2.35. The largest absolute Gasteiger partial charge is 0.393 e. The number of hydrogen-bond donors (Lipinski definition) is 3. The van der Waals surface area contributed by atoms with E-state index in [2.05, 4.69) is 10.6 Å². The van der Waals surface area contributed by atoms with Crippen molar-refractivity contribution in [3.8, 4) is 0 Å². The molecule has 0 aromatic heterocycles. The summed E-state index contributed by atoms with van der Waals surface area (Å²) >= 11 is 1.32. The maximum atomic E-state index is 13.6. The van der Waals surface area contributed by atoms with Crippen LogP contribution < -0.4 is 10.6 Å². The highest BCUT2D eigenvalue weighted by molar-refractivity contribution is 7.98. The average molecular weight is 314 g/mol. The van der Waals surface area contributed by atoms with E-state index < -0.39 is 6.10 Å². The topological polar surface area (TPSA) is 61.4 Å². The number of rotatable bonds is 6. The van der Waals surface area contributed by atoms with E-state index in [1.807, 2.05) is 13.8 Å². The number of benzene rings is 1. The van der Waals surface area contributed by atoms with Gasteiger partial charge in [0, 0.05) is 17.1 Å². The normalized spacial score (nSPS) is 12.9. The van der Waals surface area contributed by atoms with Crippen molar-refractivity contribution in [2.24, 2.45) is 5.41 Å². The van der Waals surface area contributed by atoms with Crippen LogP contribution in [0, 0.1) is 11.2 Å². The lowest BCUT2D eigenvalue weighted by atomic mass is 9.87. The van der Waals surface area contributed by atoms with Gasteiger partial charge in [-0.05, 0) is 43.2 Å². The number of aliphatic hydroxyl groups excluding tert-OH is 1. The van der Waals surface area contributed by atoms with Crippen LogP contribution in [0.1, 0.15) is 27.2 Å². The van der Waals surface area contributed by atoms with Gasteiger partial charge in [0.2, 0.25) is 0 Å². The van der Waals surface area contributed by atoms with E-state index in [1.165, 1.54) is 17.8 Å². The molecule has 1 aromatic rings. The van der Waals surface area contributed by atoms with Gasteiger partial charge in [-0.3, -0.25) is 0 Å². The third-order valence-corrected chi connectivity index (χ3v) is 3.76. The van der Waals surface area contributed by atoms with Crippen molar-refractivity contribution in [2.75, 3.05) is 18.1 Å². The zero-order chi connectivity index (χ0) is 16.0. The number of thioether (sulfide) groups is 1. The highest BCUT2D eigenvalue weighted by Gasteiger charge is 2.21. The molecular weight excluding hydrogens is 291 g/mol. The Hall–Kier alpha value is -1.27. The van der Waals surface area contributed by atoms with Gasteiger partial charge in [0.1, 0.15) is 5.82 Å². The van der Waals surface area contributed by atoms with Crippen LogP contribution in [0.5, 0.6) is 0 Å². The van der Waals surface area contributed by atoms with Crippen LogP contribution in [0.2, 0.25) is 0 Å². The molecule has 0 fully saturated rings. The Kier molecular flexibility index (Phi) is 6.48. The van der Waals surface area contributed by atoms with Gasteiger partial charge in [-0.1, -0.05) is 13.8 Å². The number of nitrogens with one attached hydrogen (secondary N) is 2. The predicted octanol–water partition coefficient (Wildman–Crippen LogP) is 3.47. The summed E-state index contributed by atoms with van der Waals surface area (Å²) in [5, 5.41) is 14.7. The molecule has 3 N–H and O–H groups in total. The number of aliphatic hydroxyl groups is 1. The second-order valence-electron chi connectivity index (χ2n) is 5.87. The zero-order valence-corrected chi connectivity index (χ0v) is 13.7. The summed E-state index contributed by atoms with van der Waals surface area (Å²) < 4.78 is 13.6. The van der Waals surface area contributed by atoms with Crippen molar-refractivity contribution in [3.05, 3.63) is 24.0 Å². The lowest BCUT2D eigenvalue weighted by Crippen LogP contribution is -2.38.